The van der Waals surface area contributed by atoms with Gasteiger partial charge >= 0.3 is 12.2 Å². The number of alkyl halides is 3. The van der Waals surface area contributed by atoms with Gasteiger partial charge in [0.25, 0.3) is 0 Å². The third-order valence-electron chi connectivity index (χ3n) is 2.78. The molecule has 1 heterocycles. The number of carbonyl (C=O) groups excluding carboxylic acids is 2. The van der Waals surface area contributed by atoms with E-state index in [4.69, 9.17) is 0 Å². The van der Waals surface area contributed by atoms with Crippen LogP contribution >= 0.6 is 0 Å². The van der Waals surface area contributed by atoms with Crippen LogP contribution in [0, 0.1) is 0 Å². The van der Waals surface area contributed by atoms with Crippen molar-refractivity contribution in [2.24, 2.45) is 0 Å². The predicted octanol–water partition coefficient (Wildman–Crippen LogP) is 2.86. The van der Waals surface area contributed by atoms with E-state index in [0.717, 1.165) is 29.2 Å². The zero-order chi connectivity index (χ0) is 14.0. The standard InChI is InChI=1S/C12H11F3N2O2/c13-12(14,15)8-3-5-9(6-4-8)16-11(19)17-7-1-2-10(17)18/h3-6H,1-2,7H2,(H,16,19). The van der Waals surface area contributed by atoms with Crippen molar-refractivity contribution in [3.05, 3.63) is 29.8 Å². The van der Waals surface area contributed by atoms with Gasteiger partial charge in [-0.15, -0.1) is 0 Å². The number of imide groups is 1. The molecule has 0 aliphatic carbocycles. The summed E-state index contributed by atoms with van der Waals surface area (Å²) in [6.07, 6.45) is -3.48. The van der Waals surface area contributed by atoms with E-state index in [1.54, 1.807) is 0 Å². The van der Waals surface area contributed by atoms with Crippen molar-refractivity contribution in [3.8, 4) is 0 Å². The summed E-state index contributed by atoms with van der Waals surface area (Å²) >= 11 is 0. The predicted molar refractivity (Wildman–Crippen MR) is 61.4 cm³/mol. The highest BCUT2D eigenvalue weighted by molar-refractivity contribution is 6.02. The zero-order valence-electron chi connectivity index (χ0n) is 9.83. The van der Waals surface area contributed by atoms with E-state index in [9.17, 15) is 22.8 Å². The fourth-order valence-electron chi connectivity index (χ4n) is 1.80. The molecule has 4 nitrogen and oxygen atoms in total. The molecule has 0 aromatic heterocycles. The minimum Gasteiger partial charge on any atom is -0.307 e. The van der Waals surface area contributed by atoms with Gasteiger partial charge < -0.3 is 5.32 Å². The summed E-state index contributed by atoms with van der Waals surface area (Å²) in [6, 6.07) is 3.45. The molecule has 7 heteroatoms. The van der Waals surface area contributed by atoms with Gasteiger partial charge in [0.05, 0.1) is 5.56 Å². The molecule has 3 amide bonds. The van der Waals surface area contributed by atoms with Crippen LogP contribution < -0.4 is 5.32 Å². The van der Waals surface area contributed by atoms with Crippen LogP contribution in [-0.4, -0.2) is 23.4 Å². The number of hydrogen-bond acceptors (Lipinski definition) is 2. The van der Waals surface area contributed by atoms with Crippen molar-refractivity contribution in [1.29, 1.82) is 0 Å². The van der Waals surface area contributed by atoms with Gasteiger partial charge in [0.2, 0.25) is 5.91 Å². The van der Waals surface area contributed by atoms with Gasteiger partial charge in [-0.05, 0) is 30.7 Å². The number of hydrogen-bond donors (Lipinski definition) is 1. The Morgan fingerprint density at radius 1 is 1.21 bits per heavy atom. The molecule has 0 bridgehead atoms. The molecule has 1 N–H and O–H groups in total. The Kier molecular flexibility index (Phi) is 3.46. The van der Waals surface area contributed by atoms with E-state index < -0.39 is 17.8 Å². The molecule has 2 rings (SSSR count). The number of likely N-dealkylation sites (tertiary alicyclic amines) is 1. The lowest BCUT2D eigenvalue weighted by atomic mass is 10.2. The van der Waals surface area contributed by atoms with Crippen LogP contribution in [0.15, 0.2) is 24.3 Å². The van der Waals surface area contributed by atoms with Crippen LogP contribution in [0.25, 0.3) is 0 Å². The number of nitrogens with zero attached hydrogens (tertiary/aromatic N) is 1. The van der Waals surface area contributed by atoms with Crippen molar-refractivity contribution in [2.45, 2.75) is 19.0 Å². The van der Waals surface area contributed by atoms with Gasteiger partial charge in [0, 0.05) is 18.7 Å². The zero-order valence-corrected chi connectivity index (χ0v) is 9.83. The van der Waals surface area contributed by atoms with Gasteiger partial charge in [0.1, 0.15) is 0 Å². The molecule has 1 aromatic carbocycles. The normalized spacial score (nSPS) is 15.7. The van der Waals surface area contributed by atoms with Gasteiger partial charge in [0.15, 0.2) is 0 Å². The fourth-order valence-corrected chi connectivity index (χ4v) is 1.80. The lowest BCUT2D eigenvalue weighted by Gasteiger charge is -2.15. The van der Waals surface area contributed by atoms with Crippen LogP contribution in [-0.2, 0) is 11.0 Å². The highest BCUT2D eigenvalue weighted by atomic mass is 19.4. The largest absolute Gasteiger partial charge is 0.416 e. The first-order chi connectivity index (χ1) is 8.88. The molecular weight excluding hydrogens is 261 g/mol. The Morgan fingerprint density at radius 3 is 2.32 bits per heavy atom. The smallest absolute Gasteiger partial charge is 0.307 e. The van der Waals surface area contributed by atoms with Gasteiger partial charge in [-0.25, -0.2) is 4.79 Å². The highest BCUT2D eigenvalue weighted by Gasteiger charge is 2.30. The van der Waals surface area contributed by atoms with E-state index in [0.29, 0.717) is 19.4 Å². The van der Waals surface area contributed by atoms with Crippen molar-refractivity contribution in [1.82, 2.24) is 4.90 Å². The SMILES string of the molecule is O=C1CCCN1C(=O)Nc1ccc(C(F)(F)F)cc1. The van der Waals surface area contributed by atoms with E-state index in [2.05, 4.69) is 5.32 Å². The second-order valence-corrected chi connectivity index (χ2v) is 4.15. The van der Waals surface area contributed by atoms with E-state index >= 15 is 0 Å². The van der Waals surface area contributed by atoms with Crippen LogP contribution in [0.1, 0.15) is 18.4 Å². The molecule has 1 aliphatic heterocycles. The second kappa shape index (κ2) is 4.91. The topological polar surface area (TPSA) is 49.4 Å². The number of urea groups is 1. The minimum atomic E-state index is -4.41. The lowest BCUT2D eigenvalue weighted by Crippen LogP contribution is -2.35. The van der Waals surface area contributed by atoms with Crippen LogP contribution in [0.4, 0.5) is 23.7 Å². The van der Waals surface area contributed by atoms with Crippen LogP contribution in [0.3, 0.4) is 0 Å². The maximum Gasteiger partial charge on any atom is 0.416 e. The van der Waals surface area contributed by atoms with Crippen molar-refractivity contribution >= 4 is 17.6 Å². The molecule has 0 unspecified atom stereocenters. The number of halogens is 3. The third-order valence-corrected chi connectivity index (χ3v) is 2.78. The van der Waals surface area contributed by atoms with Gasteiger partial charge in [-0.3, -0.25) is 9.69 Å². The van der Waals surface area contributed by atoms with Crippen LogP contribution in [0.5, 0.6) is 0 Å². The number of carbonyl (C=O) groups is 2. The van der Waals surface area contributed by atoms with Crippen molar-refractivity contribution in [3.63, 3.8) is 0 Å². The average molecular weight is 272 g/mol. The summed E-state index contributed by atoms with van der Waals surface area (Å²) in [5.74, 6) is -0.274. The fraction of sp³-hybridized carbons (Fsp3) is 0.333. The summed E-state index contributed by atoms with van der Waals surface area (Å²) in [6.45, 7) is 0.339. The Morgan fingerprint density at radius 2 is 1.84 bits per heavy atom. The van der Waals surface area contributed by atoms with E-state index in [1.165, 1.54) is 0 Å². The third kappa shape index (κ3) is 3.04. The first kappa shape index (κ1) is 13.4. The molecule has 0 spiro atoms. The Balaban J connectivity index is 2.04. The number of anilines is 1. The quantitative estimate of drug-likeness (QED) is 0.854. The molecule has 1 aliphatic rings. The van der Waals surface area contributed by atoms with Gasteiger partial charge in [-0.1, -0.05) is 0 Å². The molecule has 102 valence electrons. The second-order valence-electron chi connectivity index (χ2n) is 4.15. The maximum absolute atomic E-state index is 12.3. The van der Waals surface area contributed by atoms with Gasteiger partial charge in [-0.2, -0.15) is 13.2 Å². The van der Waals surface area contributed by atoms with Crippen LogP contribution in [0.2, 0.25) is 0 Å². The van der Waals surface area contributed by atoms with Crippen molar-refractivity contribution < 1.29 is 22.8 Å². The molecule has 0 radical (unpaired) electrons. The molecular formula is C12H11F3N2O2. The summed E-state index contributed by atoms with van der Waals surface area (Å²) in [7, 11) is 0. The number of amides is 3. The lowest BCUT2D eigenvalue weighted by molar-refractivity contribution is -0.137. The van der Waals surface area contributed by atoms with Crippen molar-refractivity contribution in [2.75, 3.05) is 11.9 Å². The minimum absolute atomic E-state index is 0.220. The molecule has 1 fully saturated rings. The number of benzene rings is 1. The summed E-state index contributed by atoms with van der Waals surface area (Å²) in [4.78, 5) is 24.0. The first-order valence-electron chi connectivity index (χ1n) is 5.66. The Bertz CT molecular complexity index is 497. The molecule has 0 saturated carbocycles. The molecule has 1 aromatic rings. The molecule has 1 saturated heterocycles. The molecule has 0 atom stereocenters. The Labute approximate surface area is 107 Å². The highest BCUT2D eigenvalue weighted by Crippen LogP contribution is 2.29. The summed E-state index contributed by atoms with van der Waals surface area (Å²) in [5.41, 5.74) is -0.569. The summed E-state index contributed by atoms with van der Waals surface area (Å²) in [5, 5.41) is 2.39. The maximum atomic E-state index is 12.3. The summed E-state index contributed by atoms with van der Waals surface area (Å²) < 4.78 is 37.0. The first-order valence-corrected chi connectivity index (χ1v) is 5.66. The Hall–Kier alpha value is -2.05. The number of nitrogens with one attached hydrogen (secondary N) is 1. The average Bonchev–Trinajstić information content (AvgIpc) is 2.75. The number of rotatable bonds is 1. The monoisotopic (exact) mass is 272 g/mol. The van der Waals surface area contributed by atoms with E-state index in [-0.39, 0.29) is 11.6 Å². The molecule has 19 heavy (non-hydrogen) atoms. The van der Waals surface area contributed by atoms with E-state index in [1.807, 2.05) is 0 Å².